The van der Waals surface area contributed by atoms with E-state index < -0.39 is 17.4 Å². The Balaban J connectivity index is 1.98. The van der Waals surface area contributed by atoms with Crippen LogP contribution in [0.3, 0.4) is 0 Å². The highest BCUT2D eigenvalue weighted by Gasteiger charge is 2.32. The van der Waals surface area contributed by atoms with E-state index in [0.29, 0.717) is 11.4 Å². The Labute approximate surface area is 138 Å². The van der Waals surface area contributed by atoms with Crippen molar-refractivity contribution in [3.05, 3.63) is 47.0 Å². The molecule has 0 bridgehead atoms. The van der Waals surface area contributed by atoms with Gasteiger partial charge in [-0.1, -0.05) is 0 Å². The van der Waals surface area contributed by atoms with Crippen molar-refractivity contribution in [1.82, 2.24) is 15.1 Å². The van der Waals surface area contributed by atoms with Gasteiger partial charge in [0.2, 0.25) is 5.91 Å². The molecule has 1 heterocycles. The molecular formula is C17H19FN4O2. The number of carbonyl (C=O) groups excluding carboxylic acids is 2. The summed E-state index contributed by atoms with van der Waals surface area (Å²) in [5, 5.41) is 7.03. The molecule has 1 aromatic carbocycles. The number of fused-ring (bicyclic) bond motifs is 1. The molecule has 0 fully saturated rings. The molecule has 1 aromatic heterocycles. The van der Waals surface area contributed by atoms with E-state index in [4.69, 9.17) is 5.73 Å². The van der Waals surface area contributed by atoms with Crippen LogP contribution in [0.1, 0.15) is 42.0 Å². The van der Waals surface area contributed by atoms with Crippen molar-refractivity contribution in [1.29, 1.82) is 0 Å². The zero-order valence-corrected chi connectivity index (χ0v) is 13.6. The molecule has 0 saturated heterocycles. The maximum atomic E-state index is 13.1. The normalized spacial score (nSPS) is 13.6. The Hall–Kier alpha value is -2.70. The first-order valence-corrected chi connectivity index (χ1v) is 7.79. The van der Waals surface area contributed by atoms with E-state index in [0.717, 1.165) is 30.5 Å². The number of nitrogens with two attached hydrogens (primary N) is 1. The summed E-state index contributed by atoms with van der Waals surface area (Å²) in [6, 6.07) is 5.95. The highest BCUT2D eigenvalue weighted by Crippen LogP contribution is 2.28. The Bertz CT molecular complexity index is 809. The van der Waals surface area contributed by atoms with Crippen molar-refractivity contribution in [2.45, 2.75) is 38.6 Å². The molecule has 0 radical (unpaired) electrons. The average Bonchev–Trinajstić information content (AvgIpc) is 3.09. The summed E-state index contributed by atoms with van der Waals surface area (Å²) in [6.07, 6.45) is 2.47. The lowest BCUT2D eigenvalue weighted by Crippen LogP contribution is -2.53. The number of amides is 2. The summed E-state index contributed by atoms with van der Waals surface area (Å²) in [5.41, 5.74) is 6.95. The Morgan fingerprint density at radius 2 is 1.92 bits per heavy atom. The number of rotatable bonds is 4. The number of hydrogen-bond donors (Lipinski definition) is 2. The van der Waals surface area contributed by atoms with Crippen LogP contribution in [-0.2, 0) is 17.6 Å². The van der Waals surface area contributed by atoms with Crippen LogP contribution in [0.25, 0.3) is 5.69 Å². The predicted octanol–water partition coefficient (Wildman–Crippen LogP) is 1.49. The molecule has 3 N–H and O–H groups in total. The van der Waals surface area contributed by atoms with Crippen LogP contribution in [0.15, 0.2) is 24.3 Å². The van der Waals surface area contributed by atoms with Crippen LogP contribution in [0.2, 0.25) is 0 Å². The highest BCUT2D eigenvalue weighted by atomic mass is 19.1. The van der Waals surface area contributed by atoms with Gasteiger partial charge in [-0.15, -0.1) is 0 Å². The van der Waals surface area contributed by atoms with Gasteiger partial charge in [-0.25, -0.2) is 9.07 Å². The highest BCUT2D eigenvalue weighted by molar-refractivity contribution is 5.98. The van der Waals surface area contributed by atoms with Gasteiger partial charge in [-0.05, 0) is 57.4 Å². The minimum absolute atomic E-state index is 0.293. The number of primary amides is 1. The lowest BCUT2D eigenvalue weighted by Gasteiger charge is -2.21. The Morgan fingerprint density at radius 1 is 1.25 bits per heavy atom. The zero-order valence-electron chi connectivity index (χ0n) is 13.6. The maximum Gasteiger partial charge on any atom is 0.272 e. The van der Waals surface area contributed by atoms with Gasteiger partial charge in [-0.2, -0.15) is 5.10 Å². The van der Waals surface area contributed by atoms with Gasteiger partial charge >= 0.3 is 0 Å². The van der Waals surface area contributed by atoms with Gasteiger partial charge in [0.05, 0.1) is 5.69 Å². The molecule has 0 saturated carbocycles. The standard InChI is InChI=1S/C17H19FN4O2/c1-17(2,16(19)24)20-15(23)14-12-4-3-5-13(12)22(21-14)11-8-6-10(18)7-9-11/h6-9H,3-5H2,1-2H3,(H2,19,24)(H,20,23). The molecule has 1 aliphatic carbocycles. The first-order chi connectivity index (χ1) is 11.3. The molecule has 24 heavy (non-hydrogen) atoms. The van der Waals surface area contributed by atoms with Crippen LogP contribution >= 0.6 is 0 Å². The maximum absolute atomic E-state index is 13.1. The monoisotopic (exact) mass is 330 g/mol. The molecule has 3 rings (SSSR count). The molecule has 7 heteroatoms. The third-order valence-electron chi connectivity index (χ3n) is 4.26. The zero-order chi connectivity index (χ0) is 17.5. The van der Waals surface area contributed by atoms with E-state index in [1.54, 1.807) is 30.7 Å². The lowest BCUT2D eigenvalue weighted by molar-refractivity contribution is -0.122. The number of nitrogens with zero attached hydrogens (tertiary/aromatic N) is 2. The van der Waals surface area contributed by atoms with Crippen molar-refractivity contribution in [3.63, 3.8) is 0 Å². The summed E-state index contributed by atoms with van der Waals surface area (Å²) in [6.45, 7) is 3.09. The van der Waals surface area contributed by atoms with E-state index in [-0.39, 0.29) is 5.82 Å². The van der Waals surface area contributed by atoms with Crippen molar-refractivity contribution in [3.8, 4) is 5.69 Å². The van der Waals surface area contributed by atoms with Gasteiger partial charge in [0, 0.05) is 11.3 Å². The third-order valence-corrected chi connectivity index (χ3v) is 4.26. The van der Waals surface area contributed by atoms with Gasteiger partial charge in [0.15, 0.2) is 5.69 Å². The van der Waals surface area contributed by atoms with Crippen LogP contribution in [0, 0.1) is 5.82 Å². The van der Waals surface area contributed by atoms with Crippen molar-refractivity contribution >= 4 is 11.8 Å². The minimum Gasteiger partial charge on any atom is -0.368 e. The fraction of sp³-hybridized carbons (Fsp3) is 0.353. The van der Waals surface area contributed by atoms with E-state index in [1.165, 1.54) is 12.1 Å². The van der Waals surface area contributed by atoms with E-state index in [9.17, 15) is 14.0 Å². The molecule has 0 unspecified atom stereocenters. The first-order valence-electron chi connectivity index (χ1n) is 7.79. The first kappa shape index (κ1) is 16.2. The smallest absolute Gasteiger partial charge is 0.272 e. The second kappa shape index (κ2) is 5.74. The molecule has 2 aromatic rings. The number of benzene rings is 1. The largest absolute Gasteiger partial charge is 0.368 e. The van der Waals surface area contributed by atoms with Gasteiger partial charge in [0.25, 0.3) is 5.91 Å². The second-order valence-electron chi connectivity index (χ2n) is 6.46. The average molecular weight is 330 g/mol. The summed E-state index contributed by atoms with van der Waals surface area (Å²) in [4.78, 5) is 24.0. The Morgan fingerprint density at radius 3 is 2.54 bits per heavy atom. The van der Waals surface area contributed by atoms with Gasteiger partial charge < -0.3 is 11.1 Å². The topological polar surface area (TPSA) is 90.0 Å². The van der Waals surface area contributed by atoms with E-state index in [1.807, 2.05) is 0 Å². The van der Waals surface area contributed by atoms with Crippen LogP contribution in [0.4, 0.5) is 4.39 Å². The molecule has 1 aliphatic rings. The molecule has 126 valence electrons. The van der Waals surface area contributed by atoms with Gasteiger partial charge in [-0.3, -0.25) is 9.59 Å². The number of aromatic nitrogens is 2. The molecule has 2 amide bonds. The van der Waals surface area contributed by atoms with Crippen molar-refractivity contribution in [2.75, 3.05) is 0 Å². The van der Waals surface area contributed by atoms with Crippen LogP contribution in [-0.4, -0.2) is 27.1 Å². The molecule has 0 aliphatic heterocycles. The minimum atomic E-state index is -1.16. The Kier molecular flexibility index (Phi) is 3.87. The van der Waals surface area contributed by atoms with Crippen LogP contribution in [0.5, 0.6) is 0 Å². The number of halogens is 1. The molecule has 0 atom stereocenters. The SMILES string of the molecule is CC(C)(NC(=O)c1nn(-c2ccc(F)cc2)c2c1CCC2)C(N)=O. The third kappa shape index (κ3) is 2.77. The molecule has 0 spiro atoms. The van der Waals surface area contributed by atoms with Crippen molar-refractivity contribution in [2.24, 2.45) is 5.73 Å². The molecule has 6 nitrogen and oxygen atoms in total. The number of hydrogen-bond acceptors (Lipinski definition) is 3. The summed E-state index contributed by atoms with van der Waals surface area (Å²) >= 11 is 0. The van der Waals surface area contributed by atoms with Gasteiger partial charge in [0.1, 0.15) is 11.4 Å². The quantitative estimate of drug-likeness (QED) is 0.890. The second-order valence-corrected chi connectivity index (χ2v) is 6.46. The van der Waals surface area contributed by atoms with Crippen LogP contribution < -0.4 is 11.1 Å². The fourth-order valence-electron chi connectivity index (χ4n) is 2.82. The van der Waals surface area contributed by atoms with E-state index in [2.05, 4.69) is 10.4 Å². The summed E-state index contributed by atoms with van der Waals surface area (Å²) in [5.74, 6) is -1.38. The van der Waals surface area contributed by atoms with Crippen molar-refractivity contribution < 1.29 is 14.0 Å². The molecular weight excluding hydrogens is 311 g/mol. The summed E-state index contributed by atoms with van der Waals surface area (Å²) < 4.78 is 14.8. The predicted molar refractivity (Wildman–Crippen MR) is 86.3 cm³/mol. The number of nitrogens with one attached hydrogen (secondary N) is 1. The van der Waals surface area contributed by atoms with E-state index >= 15 is 0 Å². The number of carbonyl (C=O) groups is 2. The lowest BCUT2D eigenvalue weighted by atomic mass is 10.0. The summed E-state index contributed by atoms with van der Waals surface area (Å²) in [7, 11) is 0. The fourth-order valence-corrected chi connectivity index (χ4v) is 2.82.